The number of amides is 9. The third kappa shape index (κ3) is 18.9. The van der Waals surface area contributed by atoms with Crippen molar-refractivity contribution < 1.29 is 43.2 Å². The van der Waals surface area contributed by atoms with Crippen molar-refractivity contribution in [2.24, 2.45) is 22.2 Å². The van der Waals surface area contributed by atoms with E-state index in [1.54, 1.807) is 36.5 Å². The van der Waals surface area contributed by atoms with E-state index in [2.05, 4.69) is 62.5 Å². The van der Waals surface area contributed by atoms with Crippen molar-refractivity contribution in [2.75, 3.05) is 13.1 Å². The van der Waals surface area contributed by atoms with Gasteiger partial charge in [-0.25, -0.2) is 4.98 Å². The SMILES string of the molecule is CCCC[C@H](NC(C)=O)C(=O)N[C@@H]1CCC(=O)NCCCC[C@@H](C(N)=O)NC(=O)[C@H](Cc2c[nH]c3ccccc23)NC(=O)[C@@H](CCCN=C(N)N)NC(=O)[C@@H](Cc2ccccc2)NC(=O)[C@@H](Cc2cnc[nH]2)NC1=O. The molecule has 1 saturated heterocycles. The molecule has 9 amide bonds. The van der Waals surface area contributed by atoms with Crippen LogP contribution in [0.5, 0.6) is 0 Å². The van der Waals surface area contributed by atoms with Crippen LogP contribution in [-0.4, -0.2) is 129 Å². The maximum Gasteiger partial charge on any atom is 0.243 e. The number of aliphatic imine (C=N–C) groups is 1. The maximum absolute atomic E-state index is 14.7. The van der Waals surface area contributed by atoms with Crippen LogP contribution in [0, 0.1) is 0 Å². The van der Waals surface area contributed by atoms with Gasteiger partial charge in [-0.2, -0.15) is 0 Å². The van der Waals surface area contributed by atoms with Crippen LogP contribution in [0.1, 0.15) is 94.9 Å². The Morgan fingerprint density at radius 1 is 0.747 bits per heavy atom. The highest BCUT2D eigenvalue weighted by molar-refractivity contribution is 5.98. The molecule has 1 fully saturated rings. The molecule has 24 heteroatoms. The molecule has 3 heterocycles. The predicted molar refractivity (Wildman–Crippen MR) is 278 cm³/mol. The minimum atomic E-state index is -1.42. The summed E-state index contributed by atoms with van der Waals surface area (Å²) in [6.45, 7) is 3.38. The zero-order valence-corrected chi connectivity index (χ0v) is 42.4. The number of para-hydroxylation sites is 1. The zero-order chi connectivity index (χ0) is 54.3. The lowest BCUT2D eigenvalue weighted by Crippen LogP contribution is -2.61. The third-order valence-corrected chi connectivity index (χ3v) is 12.6. The summed E-state index contributed by atoms with van der Waals surface area (Å²) in [4.78, 5) is 139. The lowest BCUT2D eigenvalue weighted by molar-refractivity contribution is -0.136. The number of aromatic nitrogens is 3. The van der Waals surface area contributed by atoms with Gasteiger partial charge in [0.25, 0.3) is 0 Å². The van der Waals surface area contributed by atoms with Crippen molar-refractivity contribution in [3.63, 3.8) is 0 Å². The Bertz CT molecular complexity index is 2600. The number of aromatic amines is 2. The number of rotatable bonds is 17. The lowest BCUT2D eigenvalue weighted by Gasteiger charge is -2.28. The van der Waals surface area contributed by atoms with Crippen LogP contribution in [0.25, 0.3) is 10.9 Å². The second-order valence-electron chi connectivity index (χ2n) is 18.5. The quantitative estimate of drug-likeness (QED) is 0.0349. The average Bonchev–Trinajstić information content (AvgIpc) is 4.05. The van der Waals surface area contributed by atoms with Gasteiger partial charge in [0.05, 0.1) is 6.33 Å². The molecule has 4 aromatic rings. The topological polar surface area (TPSA) is 385 Å². The molecule has 7 atom stereocenters. The number of hydrogen-bond donors (Lipinski definition) is 13. The van der Waals surface area contributed by atoms with Crippen LogP contribution in [-0.2, 0) is 62.4 Å². The summed E-state index contributed by atoms with van der Waals surface area (Å²) in [7, 11) is 0. The Kier molecular flexibility index (Phi) is 22.6. The summed E-state index contributed by atoms with van der Waals surface area (Å²) in [6, 6.07) is 7.02. The van der Waals surface area contributed by atoms with Crippen LogP contribution in [0.2, 0.25) is 0 Å². The summed E-state index contributed by atoms with van der Waals surface area (Å²) < 4.78 is 0. The van der Waals surface area contributed by atoms with Crippen LogP contribution < -0.4 is 59.7 Å². The molecule has 0 saturated carbocycles. The van der Waals surface area contributed by atoms with Crippen molar-refractivity contribution in [1.82, 2.24) is 57.5 Å². The van der Waals surface area contributed by atoms with Crippen molar-refractivity contribution in [3.05, 3.63) is 90.1 Å². The number of carbonyl (C=O) groups is 9. The van der Waals surface area contributed by atoms with Crippen LogP contribution in [0.4, 0.5) is 0 Å². The number of primary amides is 1. The van der Waals surface area contributed by atoms with Gasteiger partial charge >= 0.3 is 0 Å². The number of guanidine groups is 1. The average molecular weight is 1040 g/mol. The summed E-state index contributed by atoms with van der Waals surface area (Å²) in [5.74, 6) is -6.67. The summed E-state index contributed by atoms with van der Waals surface area (Å²) in [6.07, 6.45) is 6.12. The van der Waals surface area contributed by atoms with Crippen LogP contribution in [0.15, 0.2) is 78.3 Å². The smallest absolute Gasteiger partial charge is 0.243 e. The molecular formula is C51H71N15O9. The number of nitrogens with two attached hydrogens (primary N) is 3. The number of imidazole rings is 1. The first-order valence-corrected chi connectivity index (χ1v) is 25.3. The van der Waals surface area contributed by atoms with E-state index in [4.69, 9.17) is 17.2 Å². The Morgan fingerprint density at radius 2 is 1.40 bits per heavy atom. The second kappa shape index (κ2) is 29.4. The predicted octanol–water partition coefficient (Wildman–Crippen LogP) is -0.858. The van der Waals surface area contributed by atoms with Gasteiger partial charge in [-0.1, -0.05) is 68.3 Å². The third-order valence-electron chi connectivity index (χ3n) is 12.6. The van der Waals surface area contributed by atoms with E-state index in [-0.39, 0.29) is 76.8 Å². The Balaban J connectivity index is 1.54. The van der Waals surface area contributed by atoms with Crippen molar-refractivity contribution >= 4 is 70.0 Å². The molecule has 1 aliphatic rings. The maximum atomic E-state index is 14.7. The first-order chi connectivity index (χ1) is 36.0. The van der Waals surface area contributed by atoms with E-state index in [0.717, 1.165) is 10.9 Å². The van der Waals surface area contributed by atoms with E-state index < -0.39 is 95.5 Å². The highest BCUT2D eigenvalue weighted by Crippen LogP contribution is 2.20. The molecule has 0 aliphatic carbocycles. The van der Waals surface area contributed by atoms with Gasteiger partial charge in [0.1, 0.15) is 42.3 Å². The molecule has 0 unspecified atom stereocenters. The monoisotopic (exact) mass is 1040 g/mol. The molecule has 0 spiro atoms. The normalized spacial score (nSPS) is 21.4. The molecule has 5 rings (SSSR count). The fourth-order valence-corrected chi connectivity index (χ4v) is 8.56. The van der Waals surface area contributed by atoms with Crippen molar-refractivity contribution in [1.29, 1.82) is 0 Å². The fraction of sp³-hybridized carbons (Fsp3) is 0.471. The first kappa shape index (κ1) is 57.6. The van der Waals surface area contributed by atoms with E-state index in [1.165, 1.54) is 19.4 Å². The Morgan fingerprint density at radius 3 is 2.08 bits per heavy atom. The largest absolute Gasteiger partial charge is 0.370 e. The number of hydrogen-bond acceptors (Lipinski definition) is 11. The minimum Gasteiger partial charge on any atom is -0.370 e. The van der Waals surface area contributed by atoms with E-state index >= 15 is 0 Å². The number of nitrogens with one attached hydrogen (secondary N) is 10. The summed E-state index contributed by atoms with van der Waals surface area (Å²) >= 11 is 0. The summed E-state index contributed by atoms with van der Waals surface area (Å²) in [5, 5.41) is 22.6. The number of carbonyl (C=O) groups excluding carboxylic acids is 9. The number of unbranched alkanes of at least 4 members (excludes halogenated alkanes) is 1. The molecule has 404 valence electrons. The molecular weight excluding hydrogens is 967 g/mol. The van der Waals surface area contributed by atoms with Gasteiger partial charge in [0.2, 0.25) is 53.2 Å². The number of fused-ring (bicyclic) bond motifs is 1. The molecule has 2 aromatic heterocycles. The number of nitrogens with zero attached hydrogens (tertiary/aromatic N) is 2. The van der Waals surface area contributed by atoms with Gasteiger partial charge in [0.15, 0.2) is 5.96 Å². The Labute approximate surface area is 434 Å². The van der Waals surface area contributed by atoms with Gasteiger partial charge in [-0.3, -0.25) is 48.1 Å². The first-order valence-electron chi connectivity index (χ1n) is 25.3. The van der Waals surface area contributed by atoms with E-state index in [0.29, 0.717) is 42.5 Å². The molecule has 75 heavy (non-hydrogen) atoms. The standard InChI is InChI=1S/C51H71N15O9/c1-3-4-16-37(60-30(2)67)45(70)63-39-20-21-43(68)56-22-11-10-18-36(44(52)69)61-49(74)41(25-32-27-58-35-17-9-8-15-34(32)35)65-46(71)38(19-12-23-57-51(53)54)62-48(73)40(24-31-13-6-5-7-14-31)64-50(75)42(66-47(39)72)26-33-28-55-29-59-33/h5-9,13-15,17,27-29,36-42,58H,3-4,10-12,16,18-26H2,1-2H3,(H2,52,69)(H,55,59)(H,56,68)(H,60,67)(H,61,74)(H,62,73)(H,63,70)(H,64,75)(H,65,71)(H,66,72)(H4,53,54,57)/t36-,37-,38+,39+,40+,41-,42+/m0/s1. The number of H-pyrrole nitrogens is 2. The van der Waals surface area contributed by atoms with E-state index in [1.807, 2.05) is 31.2 Å². The zero-order valence-electron chi connectivity index (χ0n) is 42.4. The molecule has 0 bridgehead atoms. The van der Waals surface area contributed by atoms with Gasteiger partial charge in [0, 0.05) is 74.7 Å². The van der Waals surface area contributed by atoms with E-state index in [9.17, 15) is 43.2 Å². The molecule has 24 nitrogen and oxygen atoms in total. The second-order valence-corrected chi connectivity index (χ2v) is 18.5. The lowest BCUT2D eigenvalue weighted by atomic mass is 10.0. The van der Waals surface area contributed by atoms with Crippen LogP contribution in [0.3, 0.4) is 0 Å². The minimum absolute atomic E-state index is 0.0465. The molecule has 1 aliphatic heterocycles. The fourth-order valence-electron chi connectivity index (χ4n) is 8.56. The van der Waals surface area contributed by atoms with Crippen LogP contribution >= 0.6 is 0 Å². The highest BCUT2D eigenvalue weighted by Gasteiger charge is 2.35. The van der Waals surface area contributed by atoms with Crippen molar-refractivity contribution in [2.45, 2.75) is 140 Å². The number of benzene rings is 2. The molecule has 0 radical (unpaired) electrons. The van der Waals surface area contributed by atoms with Gasteiger partial charge in [-0.15, -0.1) is 0 Å². The Hall–Kier alpha value is -8.31. The molecule has 2 aromatic carbocycles. The molecule has 16 N–H and O–H groups in total. The highest BCUT2D eigenvalue weighted by atomic mass is 16.2. The van der Waals surface area contributed by atoms with Gasteiger partial charge < -0.3 is 69.7 Å². The van der Waals surface area contributed by atoms with Crippen molar-refractivity contribution in [3.8, 4) is 0 Å². The summed E-state index contributed by atoms with van der Waals surface area (Å²) in [5.41, 5.74) is 19.5. The van der Waals surface area contributed by atoms with Gasteiger partial charge in [-0.05, 0) is 62.1 Å².